The summed E-state index contributed by atoms with van der Waals surface area (Å²) in [5.41, 5.74) is 2.40. The van der Waals surface area contributed by atoms with E-state index in [-0.39, 0.29) is 11.8 Å². The molecular weight excluding hydrogens is 525 g/mol. The van der Waals surface area contributed by atoms with Crippen molar-refractivity contribution in [2.45, 2.75) is 0 Å². The smallest absolute Gasteiger partial charge is 0.258 e. The summed E-state index contributed by atoms with van der Waals surface area (Å²) in [6.45, 7) is 0. The molecule has 0 radical (unpaired) electrons. The van der Waals surface area contributed by atoms with Crippen molar-refractivity contribution in [3.63, 3.8) is 0 Å². The van der Waals surface area contributed by atoms with E-state index in [1.54, 1.807) is 36.4 Å². The van der Waals surface area contributed by atoms with E-state index < -0.39 is 0 Å². The van der Waals surface area contributed by atoms with E-state index in [1.165, 1.54) is 11.3 Å². The quantitative estimate of drug-likeness (QED) is 0.235. The highest BCUT2D eigenvalue weighted by Gasteiger charge is 2.15. The lowest BCUT2D eigenvalue weighted by atomic mass is 10.0. The molecule has 8 heteroatoms. The van der Waals surface area contributed by atoms with Gasteiger partial charge in [0.05, 0.1) is 10.2 Å². The third-order valence-electron chi connectivity index (χ3n) is 6.09. The number of rotatable bonds is 4. The fourth-order valence-corrected chi connectivity index (χ4v) is 5.73. The average Bonchev–Trinajstić information content (AvgIpc) is 3.30. The summed E-state index contributed by atoms with van der Waals surface area (Å²) in [6.07, 6.45) is 0. The molecule has 6 rings (SSSR count). The van der Waals surface area contributed by atoms with Crippen LogP contribution in [-0.2, 0) is 0 Å². The van der Waals surface area contributed by atoms with Gasteiger partial charge in [0.1, 0.15) is 0 Å². The minimum atomic E-state index is -0.268. The SMILES string of the molecule is O=C(Nc1ccc2nc(NC(=O)c3cccc4c(Cl)cccc34)sc2c1)c1cccc2c(Cl)cccc12. The van der Waals surface area contributed by atoms with E-state index in [1.807, 2.05) is 54.6 Å². The van der Waals surface area contributed by atoms with Crippen LogP contribution in [0.4, 0.5) is 10.8 Å². The standard InChI is InChI=1S/C29H17Cl2N3O2S/c30-23-11-3-5-17-19(23)7-1-9-21(17)27(35)32-16-13-14-25-26(15-16)37-29(33-25)34-28(36)22-10-2-8-20-18(22)6-4-12-24(20)31/h1-15H,(H,32,35)(H,33,34,36). The Hall–Kier alpha value is -3.97. The second-order valence-corrected chi connectivity index (χ2v) is 10.2. The Morgan fingerprint density at radius 1 is 0.649 bits per heavy atom. The second-order valence-electron chi connectivity index (χ2n) is 8.39. The zero-order chi connectivity index (χ0) is 25.5. The van der Waals surface area contributed by atoms with Crippen LogP contribution < -0.4 is 10.6 Å². The van der Waals surface area contributed by atoms with Gasteiger partial charge >= 0.3 is 0 Å². The van der Waals surface area contributed by atoms with Crippen LogP contribution in [0.15, 0.2) is 91.0 Å². The first kappa shape index (κ1) is 23.4. The lowest BCUT2D eigenvalue weighted by Crippen LogP contribution is -2.12. The van der Waals surface area contributed by atoms with Crippen LogP contribution in [-0.4, -0.2) is 16.8 Å². The Morgan fingerprint density at radius 3 is 1.81 bits per heavy atom. The van der Waals surface area contributed by atoms with E-state index in [0.29, 0.717) is 32.0 Å². The highest BCUT2D eigenvalue weighted by Crippen LogP contribution is 2.31. The number of anilines is 2. The predicted molar refractivity (Wildman–Crippen MR) is 153 cm³/mol. The molecule has 2 N–H and O–H groups in total. The summed E-state index contributed by atoms with van der Waals surface area (Å²) in [6, 6.07) is 27.4. The topological polar surface area (TPSA) is 71.1 Å². The minimum absolute atomic E-state index is 0.236. The molecule has 6 aromatic rings. The maximum atomic E-state index is 13.1. The van der Waals surface area contributed by atoms with Crippen LogP contribution in [0.5, 0.6) is 0 Å². The molecule has 0 spiro atoms. The van der Waals surface area contributed by atoms with Crippen LogP contribution in [0.25, 0.3) is 31.8 Å². The number of hydrogen-bond donors (Lipinski definition) is 2. The van der Waals surface area contributed by atoms with Gasteiger partial charge in [0, 0.05) is 37.6 Å². The lowest BCUT2D eigenvalue weighted by Gasteiger charge is -2.09. The summed E-state index contributed by atoms with van der Waals surface area (Å²) in [5, 5.41) is 10.7. The van der Waals surface area contributed by atoms with Gasteiger partial charge in [-0.1, -0.05) is 83.1 Å². The molecule has 0 aliphatic carbocycles. The molecule has 37 heavy (non-hydrogen) atoms. The molecule has 0 bridgehead atoms. The summed E-state index contributed by atoms with van der Waals surface area (Å²) in [4.78, 5) is 30.7. The average molecular weight is 542 g/mol. The molecule has 0 fully saturated rings. The van der Waals surface area contributed by atoms with E-state index in [0.717, 1.165) is 31.8 Å². The zero-order valence-corrected chi connectivity index (χ0v) is 21.4. The first-order valence-corrected chi connectivity index (χ1v) is 12.9. The Kier molecular flexibility index (Phi) is 6.00. The predicted octanol–water partition coefficient (Wildman–Crippen LogP) is 8.41. The number of aromatic nitrogens is 1. The largest absolute Gasteiger partial charge is 0.322 e. The molecule has 0 saturated carbocycles. The van der Waals surface area contributed by atoms with Crippen LogP contribution in [0.3, 0.4) is 0 Å². The Morgan fingerprint density at radius 2 is 1.19 bits per heavy atom. The molecule has 0 aliphatic heterocycles. The van der Waals surface area contributed by atoms with E-state index in [4.69, 9.17) is 23.2 Å². The van der Waals surface area contributed by atoms with Crippen molar-refractivity contribution in [1.29, 1.82) is 0 Å². The van der Waals surface area contributed by atoms with Crippen molar-refractivity contribution < 1.29 is 9.59 Å². The van der Waals surface area contributed by atoms with Crippen LogP contribution in [0, 0.1) is 0 Å². The number of carbonyl (C=O) groups is 2. The number of nitrogens with zero attached hydrogens (tertiary/aromatic N) is 1. The van der Waals surface area contributed by atoms with Gasteiger partial charge in [0.25, 0.3) is 11.8 Å². The van der Waals surface area contributed by atoms with Crippen molar-refractivity contribution in [1.82, 2.24) is 4.98 Å². The maximum Gasteiger partial charge on any atom is 0.258 e. The fraction of sp³-hybridized carbons (Fsp3) is 0. The first-order valence-electron chi connectivity index (χ1n) is 11.4. The molecule has 1 aromatic heterocycles. The number of fused-ring (bicyclic) bond motifs is 3. The lowest BCUT2D eigenvalue weighted by molar-refractivity contribution is 0.102. The van der Waals surface area contributed by atoms with Crippen LogP contribution in [0.1, 0.15) is 20.7 Å². The van der Waals surface area contributed by atoms with E-state index in [9.17, 15) is 9.59 Å². The maximum absolute atomic E-state index is 13.1. The number of nitrogens with one attached hydrogen (secondary N) is 2. The molecule has 5 aromatic carbocycles. The number of amides is 2. The molecule has 5 nitrogen and oxygen atoms in total. The molecule has 2 amide bonds. The Balaban J connectivity index is 1.25. The molecule has 0 aliphatic rings. The molecule has 1 heterocycles. The molecule has 0 atom stereocenters. The van der Waals surface area contributed by atoms with Gasteiger partial charge in [-0.2, -0.15) is 0 Å². The van der Waals surface area contributed by atoms with Gasteiger partial charge in [-0.15, -0.1) is 0 Å². The number of thiazole rings is 1. The fourth-order valence-electron chi connectivity index (χ4n) is 4.36. The third-order valence-corrected chi connectivity index (χ3v) is 7.69. The van der Waals surface area contributed by atoms with Crippen LogP contribution in [0.2, 0.25) is 10.0 Å². The highest BCUT2D eigenvalue weighted by atomic mass is 35.5. The summed E-state index contributed by atoms with van der Waals surface area (Å²) in [5.74, 6) is -0.505. The van der Waals surface area contributed by atoms with Crippen molar-refractivity contribution in [3.8, 4) is 0 Å². The van der Waals surface area contributed by atoms with Crippen molar-refractivity contribution in [3.05, 3.63) is 112 Å². The molecule has 180 valence electrons. The molecule has 0 unspecified atom stereocenters. The van der Waals surface area contributed by atoms with Gasteiger partial charge in [-0.25, -0.2) is 4.98 Å². The van der Waals surface area contributed by atoms with Gasteiger partial charge < -0.3 is 5.32 Å². The second kappa shape index (κ2) is 9.48. The highest BCUT2D eigenvalue weighted by molar-refractivity contribution is 7.22. The van der Waals surface area contributed by atoms with Gasteiger partial charge in [0.2, 0.25) is 0 Å². The Bertz CT molecular complexity index is 1770. The van der Waals surface area contributed by atoms with Crippen LogP contribution >= 0.6 is 34.5 Å². The van der Waals surface area contributed by atoms with Crippen molar-refractivity contribution >= 4 is 88.9 Å². The third kappa shape index (κ3) is 4.40. The summed E-state index contributed by atoms with van der Waals surface area (Å²) in [7, 11) is 0. The monoisotopic (exact) mass is 541 g/mol. The summed E-state index contributed by atoms with van der Waals surface area (Å²) >= 11 is 13.9. The first-order chi connectivity index (χ1) is 18.0. The minimum Gasteiger partial charge on any atom is -0.322 e. The van der Waals surface area contributed by atoms with Gasteiger partial charge in [-0.3, -0.25) is 14.9 Å². The van der Waals surface area contributed by atoms with Gasteiger partial charge in [0.15, 0.2) is 5.13 Å². The van der Waals surface area contributed by atoms with E-state index in [2.05, 4.69) is 15.6 Å². The van der Waals surface area contributed by atoms with Crippen molar-refractivity contribution in [2.24, 2.45) is 0 Å². The van der Waals surface area contributed by atoms with E-state index >= 15 is 0 Å². The molecular formula is C29H17Cl2N3O2S. The zero-order valence-electron chi connectivity index (χ0n) is 19.1. The van der Waals surface area contributed by atoms with Gasteiger partial charge in [-0.05, 0) is 53.2 Å². The number of hydrogen-bond acceptors (Lipinski definition) is 4. The number of halogens is 2. The normalized spacial score (nSPS) is 11.2. The molecule has 0 saturated heterocycles. The van der Waals surface area contributed by atoms with Crippen molar-refractivity contribution in [2.75, 3.05) is 10.6 Å². The summed E-state index contributed by atoms with van der Waals surface area (Å²) < 4.78 is 0.829. The number of benzene rings is 5. The number of carbonyl (C=O) groups excluding carboxylic acids is 2. The Labute approximate surface area is 225 Å².